The second kappa shape index (κ2) is 6.61. The Morgan fingerprint density at radius 2 is 2.12 bits per heavy atom. The molecule has 0 saturated carbocycles. The zero-order chi connectivity index (χ0) is 12.8. The minimum Gasteiger partial charge on any atom is -0.353 e. The molecule has 0 aliphatic carbocycles. The Kier molecular flexibility index (Phi) is 5.44. The van der Waals surface area contributed by atoms with Crippen molar-refractivity contribution in [2.24, 2.45) is 10.8 Å². The molecule has 0 aromatic carbocycles. The molecule has 1 aromatic heterocycles. The molecule has 4 N–H and O–H groups in total. The second-order valence-corrected chi connectivity index (χ2v) is 5.86. The first-order valence-electron chi connectivity index (χ1n) is 5.87. The smallest absolute Gasteiger partial charge is 0.206 e. The summed E-state index contributed by atoms with van der Waals surface area (Å²) in [7, 11) is 0. The Balaban J connectivity index is 2.56. The first kappa shape index (κ1) is 14.0. The van der Waals surface area contributed by atoms with Crippen LogP contribution in [0.2, 0.25) is 0 Å². The van der Waals surface area contributed by atoms with Gasteiger partial charge in [-0.2, -0.15) is 0 Å². The monoisotopic (exact) mass is 254 g/mol. The van der Waals surface area contributed by atoms with E-state index < -0.39 is 0 Å². The topological polar surface area (TPSA) is 62.4 Å². The average Bonchev–Trinajstić information content (AvgIpc) is 2.62. The third kappa shape index (κ3) is 5.19. The number of hydrazine groups is 1. The Hall–Kier alpha value is -1.07. The van der Waals surface area contributed by atoms with Gasteiger partial charge in [-0.15, -0.1) is 11.3 Å². The fourth-order valence-electron chi connectivity index (χ4n) is 1.54. The molecule has 96 valence electrons. The molecule has 1 atom stereocenters. The van der Waals surface area contributed by atoms with Crippen LogP contribution < -0.4 is 16.6 Å². The van der Waals surface area contributed by atoms with Gasteiger partial charge in [0.2, 0.25) is 5.96 Å². The highest BCUT2D eigenvalue weighted by molar-refractivity contribution is 7.11. The van der Waals surface area contributed by atoms with E-state index in [-0.39, 0.29) is 6.04 Å². The molecule has 1 unspecified atom stereocenters. The van der Waals surface area contributed by atoms with Crippen molar-refractivity contribution in [2.75, 3.05) is 0 Å². The van der Waals surface area contributed by atoms with E-state index in [0.29, 0.717) is 12.0 Å². The van der Waals surface area contributed by atoms with Gasteiger partial charge in [0, 0.05) is 22.2 Å². The quantitative estimate of drug-likeness (QED) is 0.332. The molecule has 0 aliphatic heterocycles. The van der Waals surface area contributed by atoms with Crippen molar-refractivity contribution in [1.29, 1.82) is 0 Å². The molecule has 1 heterocycles. The lowest BCUT2D eigenvalue weighted by Crippen LogP contribution is -2.45. The van der Waals surface area contributed by atoms with Crippen LogP contribution in [-0.2, 0) is 6.42 Å². The predicted molar refractivity (Wildman–Crippen MR) is 75.3 cm³/mol. The first-order chi connectivity index (χ1) is 8.01. The standard InChI is InChI=1S/C12H22N4S/c1-8(2)14-12(16-13)15-9(3)7-11-6-5-10(4)17-11/h5-6,8-9H,7,13H2,1-4H3,(H2,14,15,16). The molecule has 0 spiro atoms. The number of thiophene rings is 1. The van der Waals surface area contributed by atoms with Crippen molar-refractivity contribution in [2.45, 2.75) is 46.2 Å². The van der Waals surface area contributed by atoms with Crippen molar-refractivity contribution >= 4 is 17.3 Å². The van der Waals surface area contributed by atoms with Gasteiger partial charge < -0.3 is 5.32 Å². The van der Waals surface area contributed by atoms with Crippen molar-refractivity contribution < 1.29 is 0 Å². The average molecular weight is 254 g/mol. The Bertz CT molecular complexity index is 370. The molecule has 0 fully saturated rings. The molecule has 5 heteroatoms. The maximum atomic E-state index is 5.43. The second-order valence-electron chi connectivity index (χ2n) is 4.49. The maximum absolute atomic E-state index is 5.43. The summed E-state index contributed by atoms with van der Waals surface area (Å²) in [5.41, 5.74) is 2.60. The molecule has 1 rings (SSSR count). The van der Waals surface area contributed by atoms with Crippen molar-refractivity contribution in [3.8, 4) is 0 Å². The fraction of sp³-hybridized carbons (Fsp3) is 0.583. The van der Waals surface area contributed by atoms with Crippen LogP contribution in [0.1, 0.15) is 30.5 Å². The largest absolute Gasteiger partial charge is 0.353 e. The van der Waals surface area contributed by atoms with Crippen molar-refractivity contribution in [1.82, 2.24) is 10.7 Å². The molecule has 4 nitrogen and oxygen atoms in total. The van der Waals surface area contributed by atoms with Crippen molar-refractivity contribution in [3.05, 3.63) is 21.9 Å². The summed E-state index contributed by atoms with van der Waals surface area (Å²) in [5, 5.41) is 3.17. The lowest BCUT2D eigenvalue weighted by atomic mass is 10.2. The van der Waals surface area contributed by atoms with Gasteiger partial charge in [0.1, 0.15) is 0 Å². The molecular formula is C12H22N4S. The van der Waals surface area contributed by atoms with E-state index >= 15 is 0 Å². The van der Waals surface area contributed by atoms with E-state index in [1.54, 1.807) is 0 Å². The van der Waals surface area contributed by atoms with Gasteiger partial charge in [0.05, 0.1) is 6.04 Å². The number of rotatable bonds is 4. The Morgan fingerprint density at radius 1 is 1.41 bits per heavy atom. The molecule has 0 amide bonds. The normalized spacial score (nSPS) is 13.9. The summed E-state index contributed by atoms with van der Waals surface area (Å²) in [4.78, 5) is 7.22. The summed E-state index contributed by atoms with van der Waals surface area (Å²) < 4.78 is 0. The lowest BCUT2D eigenvalue weighted by molar-refractivity contribution is 0.676. The number of hydrogen-bond acceptors (Lipinski definition) is 3. The zero-order valence-electron chi connectivity index (χ0n) is 10.9. The van der Waals surface area contributed by atoms with Crippen LogP contribution in [0.4, 0.5) is 0 Å². The van der Waals surface area contributed by atoms with E-state index in [1.807, 2.05) is 11.3 Å². The number of guanidine groups is 1. The minimum absolute atomic E-state index is 0.213. The molecule has 1 aromatic rings. The third-order valence-electron chi connectivity index (χ3n) is 2.20. The van der Waals surface area contributed by atoms with Gasteiger partial charge in [-0.1, -0.05) is 0 Å². The molecule has 0 radical (unpaired) electrons. The van der Waals surface area contributed by atoms with Gasteiger partial charge in [0.25, 0.3) is 0 Å². The Morgan fingerprint density at radius 3 is 2.59 bits per heavy atom. The van der Waals surface area contributed by atoms with Gasteiger partial charge in [-0.05, 0) is 39.8 Å². The Labute approximate surface area is 107 Å². The van der Waals surface area contributed by atoms with E-state index in [9.17, 15) is 0 Å². The zero-order valence-corrected chi connectivity index (χ0v) is 11.8. The van der Waals surface area contributed by atoms with E-state index in [4.69, 9.17) is 5.84 Å². The van der Waals surface area contributed by atoms with Crippen LogP contribution in [0.25, 0.3) is 0 Å². The van der Waals surface area contributed by atoms with Crippen LogP contribution in [0.5, 0.6) is 0 Å². The summed E-state index contributed by atoms with van der Waals surface area (Å²) >= 11 is 1.82. The van der Waals surface area contributed by atoms with E-state index in [2.05, 4.69) is 55.6 Å². The van der Waals surface area contributed by atoms with Crippen LogP contribution in [-0.4, -0.2) is 18.0 Å². The molecular weight excluding hydrogens is 232 g/mol. The third-order valence-corrected chi connectivity index (χ3v) is 3.23. The van der Waals surface area contributed by atoms with Crippen molar-refractivity contribution in [3.63, 3.8) is 0 Å². The highest BCUT2D eigenvalue weighted by Crippen LogP contribution is 2.17. The first-order valence-corrected chi connectivity index (χ1v) is 6.69. The number of aliphatic imine (C=N–C) groups is 1. The summed E-state index contributed by atoms with van der Waals surface area (Å²) in [6.07, 6.45) is 0.948. The highest BCUT2D eigenvalue weighted by atomic mass is 32.1. The lowest BCUT2D eigenvalue weighted by Gasteiger charge is -2.14. The number of nitrogens with zero attached hydrogens (tertiary/aromatic N) is 1. The molecule has 0 aliphatic rings. The molecule has 0 saturated heterocycles. The number of aryl methyl sites for hydroxylation is 1. The number of nitrogens with two attached hydrogens (primary N) is 1. The van der Waals surface area contributed by atoms with Crippen LogP contribution in [0.15, 0.2) is 17.1 Å². The molecule has 0 bridgehead atoms. The maximum Gasteiger partial charge on any atom is 0.206 e. The van der Waals surface area contributed by atoms with Gasteiger partial charge >= 0.3 is 0 Å². The van der Waals surface area contributed by atoms with Crippen LogP contribution >= 0.6 is 11.3 Å². The minimum atomic E-state index is 0.213. The molecule has 17 heavy (non-hydrogen) atoms. The summed E-state index contributed by atoms with van der Waals surface area (Å²) in [6, 6.07) is 4.84. The predicted octanol–water partition coefficient (Wildman–Crippen LogP) is 1.80. The number of hydrogen-bond donors (Lipinski definition) is 3. The summed E-state index contributed by atoms with van der Waals surface area (Å²) in [6.45, 7) is 8.32. The van der Waals surface area contributed by atoms with E-state index in [1.165, 1.54) is 9.75 Å². The van der Waals surface area contributed by atoms with E-state index in [0.717, 1.165) is 6.42 Å². The number of nitrogens with one attached hydrogen (secondary N) is 2. The fourth-order valence-corrected chi connectivity index (χ4v) is 2.55. The van der Waals surface area contributed by atoms with Crippen LogP contribution in [0, 0.1) is 6.92 Å². The SMILES string of the molecule is Cc1ccc(CC(C)N=C(NN)NC(C)C)s1. The van der Waals surface area contributed by atoms with Crippen LogP contribution in [0.3, 0.4) is 0 Å². The summed E-state index contributed by atoms with van der Waals surface area (Å²) in [5.74, 6) is 6.08. The van der Waals surface area contributed by atoms with Gasteiger partial charge in [-0.3, -0.25) is 5.43 Å². The van der Waals surface area contributed by atoms with Gasteiger partial charge in [-0.25, -0.2) is 10.8 Å². The van der Waals surface area contributed by atoms with Gasteiger partial charge in [0.15, 0.2) is 0 Å². The highest BCUT2D eigenvalue weighted by Gasteiger charge is 2.06.